The summed E-state index contributed by atoms with van der Waals surface area (Å²) in [6.07, 6.45) is 0. The first-order valence-electron chi connectivity index (χ1n) is 7.09. The van der Waals surface area contributed by atoms with Crippen molar-refractivity contribution in [2.75, 3.05) is 10.6 Å². The first-order valence-corrected chi connectivity index (χ1v) is 7.09. The molecular formula is C17H13N3O4. The number of amides is 1. The molecule has 0 bridgehead atoms. The number of nitrogens with zero attached hydrogens (tertiary/aromatic N) is 1. The number of hydrogen-bond acceptors (Lipinski definition) is 5. The van der Waals surface area contributed by atoms with Gasteiger partial charge in [-0.3, -0.25) is 14.9 Å². The van der Waals surface area contributed by atoms with Gasteiger partial charge >= 0.3 is 5.88 Å². The normalized spacial score (nSPS) is 10.2. The van der Waals surface area contributed by atoms with Gasteiger partial charge in [0, 0.05) is 17.1 Å². The van der Waals surface area contributed by atoms with Gasteiger partial charge in [-0.2, -0.15) is 0 Å². The van der Waals surface area contributed by atoms with Crippen molar-refractivity contribution in [3.8, 4) is 0 Å². The molecule has 0 unspecified atom stereocenters. The van der Waals surface area contributed by atoms with E-state index >= 15 is 0 Å². The molecule has 0 fully saturated rings. The molecule has 0 spiro atoms. The van der Waals surface area contributed by atoms with Gasteiger partial charge in [0.15, 0.2) is 5.76 Å². The Morgan fingerprint density at radius 3 is 2.12 bits per heavy atom. The molecule has 2 N–H and O–H groups in total. The average molecular weight is 323 g/mol. The highest BCUT2D eigenvalue weighted by molar-refractivity contribution is 6.02. The second kappa shape index (κ2) is 6.66. The molecule has 0 atom stereocenters. The standard InChI is InChI=1S/C17H13N3O4/c21-17(15-10-11-16(24-15)20(22)23)19-14-8-6-13(7-9-14)18-12-4-2-1-3-5-12/h1-11,18H,(H,19,21). The van der Waals surface area contributed by atoms with Crippen molar-refractivity contribution in [2.24, 2.45) is 0 Å². The van der Waals surface area contributed by atoms with Gasteiger partial charge in [0.25, 0.3) is 5.91 Å². The van der Waals surface area contributed by atoms with Crippen LogP contribution in [0.2, 0.25) is 0 Å². The predicted molar refractivity (Wildman–Crippen MR) is 89.5 cm³/mol. The smallest absolute Gasteiger partial charge is 0.395 e. The first kappa shape index (κ1) is 15.3. The minimum atomic E-state index is -0.694. The van der Waals surface area contributed by atoms with Gasteiger partial charge in [-0.1, -0.05) is 18.2 Å². The van der Waals surface area contributed by atoms with E-state index in [0.29, 0.717) is 5.69 Å². The molecule has 1 heterocycles. The van der Waals surface area contributed by atoms with Gasteiger partial charge in [-0.25, -0.2) is 0 Å². The first-order chi connectivity index (χ1) is 11.6. The highest BCUT2D eigenvalue weighted by Crippen LogP contribution is 2.20. The van der Waals surface area contributed by atoms with Crippen LogP contribution >= 0.6 is 0 Å². The van der Waals surface area contributed by atoms with Crippen LogP contribution in [-0.2, 0) is 0 Å². The summed E-state index contributed by atoms with van der Waals surface area (Å²) in [6.45, 7) is 0. The molecule has 0 radical (unpaired) electrons. The molecule has 24 heavy (non-hydrogen) atoms. The van der Waals surface area contributed by atoms with Crippen molar-refractivity contribution < 1.29 is 14.1 Å². The highest BCUT2D eigenvalue weighted by Gasteiger charge is 2.17. The molecule has 1 amide bonds. The van der Waals surface area contributed by atoms with E-state index in [1.54, 1.807) is 12.1 Å². The molecule has 120 valence electrons. The second-order valence-electron chi connectivity index (χ2n) is 4.92. The molecule has 7 heteroatoms. The van der Waals surface area contributed by atoms with E-state index in [-0.39, 0.29) is 5.76 Å². The van der Waals surface area contributed by atoms with Gasteiger partial charge < -0.3 is 15.1 Å². The zero-order valence-corrected chi connectivity index (χ0v) is 12.4. The van der Waals surface area contributed by atoms with Gasteiger partial charge in [0.05, 0.1) is 6.07 Å². The summed E-state index contributed by atoms with van der Waals surface area (Å²) in [4.78, 5) is 21.8. The molecule has 0 aliphatic heterocycles. The fourth-order valence-electron chi connectivity index (χ4n) is 2.07. The van der Waals surface area contributed by atoms with E-state index in [1.165, 1.54) is 6.07 Å². The molecule has 3 aromatic rings. The molecule has 0 aliphatic rings. The second-order valence-corrected chi connectivity index (χ2v) is 4.92. The van der Waals surface area contributed by atoms with Gasteiger partial charge in [-0.05, 0) is 42.5 Å². The maximum absolute atomic E-state index is 12.0. The van der Waals surface area contributed by atoms with Crippen molar-refractivity contribution in [2.45, 2.75) is 0 Å². The molecule has 0 saturated heterocycles. The fraction of sp³-hybridized carbons (Fsp3) is 0. The van der Waals surface area contributed by atoms with Crippen LogP contribution in [0, 0.1) is 10.1 Å². The third-order valence-electron chi connectivity index (χ3n) is 3.20. The number of rotatable bonds is 5. The zero-order chi connectivity index (χ0) is 16.9. The Morgan fingerprint density at radius 2 is 1.50 bits per heavy atom. The maximum Gasteiger partial charge on any atom is 0.433 e. The molecular weight excluding hydrogens is 310 g/mol. The monoisotopic (exact) mass is 323 g/mol. The summed E-state index contributed by atoms with van der Waals surface area (Å²) in [5.41, 5.74) is 2.38. The van der Waals surface area contributed by atoms with E-state index in [4.69, 9.17) is 4.42 Å². The molecule has 0 aliphatic carbocycles. The van der Waals surface area contributed by atoms with Gasteiger partial charge in [0.1, 0.15) is 4.92 Å². The van der Waals surface area contributed by atoms with E-state index in [2.05, 4.69) is 10.6 Å². The lowest BCUT2D eigenvalue weighted by molar-refractivity contribution is -0.402. The maximum atomic E-state index is 12.0. The Balaban J connectivity index is 1.65. The number of nitrogens with one attached hydrogen (secondary N) is 2. The van der Waals surface area contributed by atoms with E-state index in [9.17, 15) is 14.9 Å². The van der Waals surface area contributed by atoms with Crippen LogP contribution in [0.1, 0.15) is 10.6 Å². The number of nitro groups is 1. The third kappa shape index (κ3) is 3.58. The SMILES string of the molecule is O=C(Nc1ccc(Nc2ccccc2)cc1)c1ccc([N+](=O)[O-])o1. The van der Waals surface area contributed by atoms with Crippen molar-refractivity contribution in [1.82, 2.24) is 0 Å². The number of carbonyl (C=O) groups excluding carboxylic acids is 1. The average Bonchev–Trinajstić information content (AvgIpc) is 3.08. The number of anilines is 3. The summed E-state index contributed by atoms with van der Waals surface area (Å²) in [5, 5.41) is 16.4. The summed E-state index contributed by atoms with van der Waals surface area (Å²) < 4.78 is 4.86. The van der Waals surface area contributed by atoms with Gasteiger partial charge in [-0.15, -0.1) is 0 Å². The Morgan fingerprint density at radius 1 is 0.875 bits per heavy atom. The van der Waals surface area contributed by atoms with E-state index < -0.39 is 16.7 Å². The van der Waals surface area contributed by atoms with Crippen molar-refractivity contribution in [1.29, 1.82) is 0 Å². The van der Waals surface area contributed by atoms with Crippen LogP contribution < -0.4 is 10.6 Å². The van der Waals surface area contributed by atoms with Crippen molar-refractivity contribution >= 4 is 28.9 Å². The van der Waals surface area contributed by atoms with E-state index in [1.807, 2.05) is 42.5 Å². The van der Waals surface area contributed by atoms with Crippen LogP contribution in [0.25, 0.3) is 0 Å². The van der Waals surface area contributed by atoms with Crippen LogP contribution in [0.4, 0.5) is 22.9 Å². The molecule has 3 rings (SSSR count). The Kier molecular flexibility index (Phi) is 4.24. The Labute approximate surface area is 137 Å². The molecule has 2 aromatic carbocycles. The largest absolute Gasteiger partial charge is 0.433 e. The summed E-state index contributed by atoms with van der Waals surface area (Å²) in [6, 6.07) is 19.2. The summed E-state index contributed by atoms with van der Waals surface area (Å²) in [5.74, 6) is -1.14. The number of furan rings is 1. The van der Waals surface area contributed by atoms with E-state index in [0.717, 1.165) is 17.4 Å². The number of para-hydroxylation sites is 1. The topological polar surface area (TPSA) is 97.4 Å². The van der Waals surface area contributed by atoms with Crippen molar-refractivity contribution in [3.05, 3.63) is 82.6 Å². The van der Waals surface area contributed by atoms with Crippen LogP contribution in [0.15, 0.2) is 71.1 Å². The minimum absolute atomic E-state index is 0.117. The molecule has 1 aromatic heterocycles. The lowest BCUT2D eigenvalue weighted by Gasteiger charge is -2.08. The highest BCUT2D eigenvalue weighted by atomic mass is 16.6. The predicted octanol–water partition coefficient (Wildman–Crippen LogP) is 4.18. The molecule has 0 saturated carbocycles. The zero-order valence-electron chi connectivity index (χ0n) is 12.4. The van der Waals surface area contributed by atoms with Crippen LogP contribution in [0.5, 0.6) is 0 Å². The summed E-state index contributed by atoms with van der Waals surface area (Å²) in [7, 11) is 0. The lowest BCUT2D eigenvalue weighted by atomic mass is 10.2. The quantitative estimate of drug-likeness (QED) is 0.542. The van der Waals surface area contributed by atoms with Crippen molar-refractivity contribution in [3.63, 3.8) is 0 Å². The third-order valence-corrected chi connectivity index (χ3v) is 3.20. The number of carbonyl (C=O) groups is 1. The molecule has 7 nitrogen and oxygen atoms in total. The fourth-order valence-corrected chi connectivity index (χ4v) is 2.07. The summed E-state index contributed by atoms with van der Waals surface area (Å²) >= 11 is 0. The van der Waals surface area contributed by atoms with Gasteiger partial charge in [0.2, 0.25) is 0 Å². The minimum Gasteiger partial charge on any atom is -0.395 e. The Hall–Kier alpha value is -3.61. The Bertz CT molecular complexity index is 857. The number of benzene rings is 2. The number of hydrogen-bond donors (Lipinski definition) is 2. The van der Waals surface area contributed by atoms with Crippen LogP contribution in [0.3, 0.4) is 0 Å². The lowest BCUT2D eigenvalue weighted by Crippen LogP contribution is -2.10. The van der Waals surface area contributed by atoms with Crippen LogP contribution in [-0.4, -0.2) is 10.8 Å².